The molecule has 1 saturated heterocycles. The first-order valence-electron chi connectivity index (χ1n) is 6.76. The number of benzene rings is 1. The normalized spacial score (nSPS) is 30.8. The van der Waals surface area contributed by atoms with Crippen molar-refractivity contribution in [2.24, 2.45) is 11.3 Å². The van der Waals surface area contributed by atoms with E-state index in [4.69, 9.17) is 4.74 Å². The van der Waals surface area contributed by atoms with Crippen LogP contribution in [0, 0.1) is 17.2 Å². The quantitative estimate of drug-likeness (QED) is 0.675. The van der Waals surface area contributed by atoms with Gasteiger partial charge < -0.3 is 4.74 Å². The molecule has 104 valence electrons. The lowest BCUT2D eigenvalue weighted by Gasteiger charge is -2.33. The van der Waals surface area contributed by atoms with Gasteiger partial charge in [-0.05, 0) is 49.3 Å². The van der Waals surface area contributed by atoms with E-state index < -0.39 is 0 Å². The van der Waals surface area contributed by atoms with Gasteiger partial charge in [-0.15, -0.1) is 0 Å². The molecule has 2 unspecified atom stereocenters. The second kappa shape index (κ2) is 5.45. The first-order chi connectivity index (χ1) is 9.14. The first-order valence-corrected chi connectivity index (χ1v) is 8.67. The fourth-order valence-corrected chi connectivity index (χ4v) is 4.30. The predicted octanol–water partition coefficient (Wildman–Crippen LogP) is 4.71. The zero-order valence-electron chi connectivity index (χ0n) is 10.7. The fourth-order valence-electron chi connectivity index (χ4n) is 3.17. The molecule has 1 saturated carbocycles. The molecule has 1 aromatic rings. The Balaban J connectivity index is 1.85. The van der Waals surface area contributed by atoms with Gasteiger partial charge in [-0.3, -0.25) is 0 Å². The number of hydrogen-bond acceptors (Lipinski definition) is 1. The highest BCUT2D eigenvalue weighted by atomic mass is 79.9. The van der Waals surface area contributed by atoms with E-state index in [0.29, 0.717) is 12.0 Å². The lowest BCUT2D eigenvalue weighted by atomic mass is 9.76. The topological polar surface area (TPSA) is 9.23 Å². The molecular weight excluding hydrogens is 375 g/mol. The van der Waals surface area contributed by atoms with E-state index in [1.165, 1.54) is 12.8 Å². The molecule has 1 aliphatic carbocycles. The Morgan fingerprint density at radius 1 is 1.37 bits per heavy atom. The molecule has 1 nitrogen and oxygen atoms in total. The van der Waals surface area contributed by atoms with E-state index in [1.54, 1.807) is 6.07 Å². The second-order valence-corrected chi connectivity index (χ2v) is 7.26. The number of alkyl halides is 1. The van der Waals surface area contributed by atoms with Gasteiger partial charge in [0.05, 0.1) is 6.10 Å². The molecule has 0 N–H and O–H groups in total. The van der Waals surface area contributed by atoms with Crippen LogP contribution in [-0.4, -0.2) is 18.0 Å². The molecule has 1 aromatic carbocycles. The van der Waals surface area contributed by atoms with Gasteiger partial charge in [-0.25, -0.2) is 4.39 Å². The number of halogens is 3. The van der Waals surface area contributed by atoms with Crippen LogP contribution in [-0.2, 0) is 11.2 Å². The average Bonchev–Trinajstić information content (AvgIpc) is 3.15. The van der Waals surface area contributed by atoms with Crippen molar-refractivity contribution in [1.29, 1.82) is 0 Å². The van der Waals surface area contributed by atoms with Crippen LogP contribution in [0.2, 0.25) is 0 Å². The zero-order chi connectivity index (χ0) is 13.5. The van der Waals surface area contributed by atoms with Gasteiger partial charge >= 0.3 is 0 Å². The average molecular weight is 392 g/mol. The minimum Gasteiger partial charge on any atom is -0.377 e. The van der Waals surface area contributed by atoms with E-state index in [9.17, 15) is 4.39 Å². The highest BCUT2D eigenvalue weighted by molar-refractivity contribution is 9.10. The molecule has 2 aliphatic rings. The summed E-state index contributed by atoms with van der Waals surface area (Å²) in [5.41, 5.74) is 0.870. The lowest BCUT2D eigenvalue weighted by molar-refractivity contribution is 0.0410. The van der Waals surface area contributed by atoms with Crippen LogP contribution >= 0.6 is 31.9 Å². The van der Waals surface area contributed by atoms with Crippen molar-refractivity contribution in [3.05, 3.63) is 34.1 Å². The van der Waals surface area contributed by atoms with Crippen molar-refractivity contribution in [3.8, 4) is 0 Å². The van der Waals surface area contributed by atoms with Gasteiger partial charge in [0.1, 0.15) is 5.82 Å². The predicted molar refractivity (Wildman–Crippen MR) is 81.1 cm³/mol. The van der Waals surface area contributed by atoms with Crippen LogP contribution in [0.5, 0.6) is 0 Å². The molecular formula is C15H17Br2FO. The van der Waals surface area contributed by atoms with Crippen LogP contribution in [0.4, 0.5) is 4.39 Å². The monoisotopic (exact) mass is 390 g/mol. The molecule has 0 bridgehead atoms. The third-order valence-electron chi connectivity index (χ3n) is 4.37. The van der Waals surface area contributed by atoms with Gasteiger partial charge in [-0.1, -0.05) is 37.9 Å². The lowest BCUT2D eigenvalue weighted by Crippen LogP contribution is -2.36. The number of rotatable bonds is 4. The highest BCUT2D eigenvalue weighted by Crippen LogP contribution is 2.50. The van der Waals surface area contributed by atoms with E-state index in [0.717, 1.165) is 34.8 Å². The van der Waals surface area contributed by atoms with Gasteiger partial charge in [0.25, 0.3) is 0 Å². The van der Waals surface area contributed by atoms with Gasteiger partial charge in [0, 0.05) is 21.8 Å². The standard InChI is InChI=1S/C15H17Br2FO/c16-9-15(5-6-19-14(15)10-1-2-10)8-11-3-4-12(17)7-13(11)18/h3-4,7,10,14H,1-2,5-6,8-9H2. The minimum atomic E-state index is -0.115. The molecule has 2 atom stereocenters. The summed E-state index contributed by atoms with van der Waals surface area (Å²) in [5.74, 6) is 0.578. The van der Waals surface area contributed by atoms with E-state index >= 15 is 0 Å². The van der Waals surface area contributed by atoms with Crippen LogP contribution < -0.4 is 0 Å². The third kappa shape index (κ3) is 2.77. The van der Waals surface area contributed by atoms with Gasteiger partial charge in [-0.2, -0.15) is 0 Å². The summed E-state index contributed by atoms with van der Waals surface area (Å²) in [5, 5.41) is 0.886. The maximum atomic E-state index is 14.1. The Labute approximate surface area is 130 Å². The number of hydrogen-bond donors (Lipinski definition) is 0. The smallest absolute Gasteiger partial charge is 0.127 e. The van der Waals surface area contributed by atoms with Crippen molar-refractivity contribution >= 4 is 31.9 Å². The molecule has 2 fully saturated rings. The summed E-state index contributed by atoms with van der Waals surface area (Å²) < 4.78 is 20.8. The van der Waals surface area contributed by atoms with Crippen LogP contribution in [0.1, 0.15) is 24.8 Å². The van der Waals surface area contributed by atoms with E-state index in [-0.39, 0.29) is 11.2 Å². The largest absolute Gasteiger partial charge is 0.377 e. The molecule has 1 heterocycles. The zero-order valence-corrected chi connectivity index (χ0v) is 13.8. The fraction of sp³-hybridized carbons (Fsp3) is 0.600. The number of ether oxygens (including phenoxy) is 1. The minimum absolute atomic E-state index is 0.0653. The van der Waals surface area contributed by atoms with Crippen LogP contribution in [0.3, 0.4) is 0 Å². The van der Waals surface area contributed by atoms with E-state index in [1.807, 2.05) is 12.1 Å². The molecule has 1 aliphatic heterocycles. The Morgan fingerprint density at radius 3 is 2.79 bits per heavy atom. The summed E-state index contributed by atoms with van der Waals surface area (Å²) in [6, 6.07) is 5.37. The van der Waals surface area contributed by atoms with Crippen molar-refractivity contribution < 1.29 is 9.13 Å². The molecule has 19 heavy (non-hydrogen) atoms. The van der Waals surface area contributed by atoms with Crippen LogP contribution in [0.25, 0.3) is 0 Å². The first kappa shape index (κ1) is 14.0. The molecule has 4 heteroatoms. The second-order valence-electron chi connectivity index (χ2n) is 5.79. The molecule has 3 rings (SSSR count). The summed E-state index contributed by atoms with van der Waals surface area (Å²) in [7, 11) is 0. The van der Waals surface area contributed by atoms with Crippen molar-refractivity contribution in [2.45, 2.75) is 31.8 Å². The SMILES string of the molecule is Fc1cc(Br)ccc1CC1(CBr)CCOC1C1CC1. The Morgan fingerprint density at radius 2 is 2.16 bits per heavy atom. The van der Waals surface area contributed by atoms with E-state index in [2.05, 4.69) is 31.9 Å². The molecule has 0 amide bonds. The summed E-state index contributed by atoms with van der Waals surface area (Å²) in [6.07, 6.45) is 4.62. The Bertz CT molecular complexity index is 475. The van der Waals surface area contributed by atoms with Gasteiger partial charge in [0.15, 0.2) is 0 Å². The Kier molecular flexibility index (Phi) is 4.03. The van der Waals surface area contributed by atoms with Crippen molar-refractivity contribution in [1.82, 2.24) is 0 Å². The van der Waals surface area contributed by atoms with Crippen LogP contribution in [0.15, 0.2) is 22.7 Å². The maximum absolute atomic E-state index is 14.1. The summed E-state index contributed by atoms with van der Waals surface area (Å²) >= 11 is 6.97. The molecule has 0 spiro atoms. The molecule has 0 aromatic heterocycles. The van der Waals surface area contributed by atoms with Crippen molar-refractivity contribution in [3.63, 3.8) is 0 Å². The molecule has 0 radical (unpaired) electrons. The third-order valence-corrected chi connectivity index (χ3v) is 5.98. The Hall–Kier alpha value is 0.0700. The highest BCUT2D eigenvalue weighted by Gasteiger charge is 2.50. The van der Waals surface area contributed by atoms with Gasteiger partial charge in [0.2, 0.25) is 0 Å². The summed E-state index contributed by atoms with van der Waals surface area (Å²) in [6.45, 7) is 0.810. The maximum Gasteiger partial charge on any atom is 0.127 e. The van der Waals surface area contributed by atoms with Crippen molar-refractivity contribution in [2.75, 3.05) is 11.9 Å². The summed E-state index contributed by atoms with van der Waals surface area (Å²) in [4.78, 5) is 0.